The van der Waals surface area contributed by atoms with Crippen molar-refractivity contribution in [2.45, 2.75) is 32.2 Å². The Bertz CT molecular complexity index is 929. The number of aryl methyl sites for hydroxylation is 1. The lowest BCUT2D eigenvalue weighted by Gasteiger charge is -2.32. The van der Waals surface area contributed by atoms with Crippen LogP contribution in [0.4, 0.5) is 0 Å². The van der Waals surface area contributed by atoms with Crippen LogP contribution in [-0.2, 0) is 18.3 Å². The number of hydrogen-bond donors (Lipinski definition) is 0. The summed E-state index contributed by atoms with van der Waals surface area (Å²) in [6.07, 6.45) is 2.30. The zero-order valence-corrected chi connectivity index (χ0v) is 17.5. The van der Waals surface area contributed by atoms with Gasteiger partial charge in [0, 0.05) is 13.7 Å². The minimum Gasteiger partial charge on any atom is -0.491 e. The molecule has 1 aliphatic rings. The lowest BCUT2D eigenvalue weighted by Crippen LogP contribution is -2.33. The summed E-state index contributed by atoms with van der Waals surface area (Å²) < 4.78 is 13.6. The Hall–Kier alpha value is -2.37. The molecule has 0 spiro atoms. The first-order valence-electron chi connectivity index (χ1n) is 10.7. The van der Waals surface area contributed by atoms with E-state index in [2.05, 4.69) is 65.0 Å². The van der Waals surface area contributed by atoms with Crippen LogP contribution in [0.15, 0.2) is 48.5 Å². The van der Waals surface area contributed by atoms with Crippen molar-refractivity contribution in [3.63, 3.8) is 0 Å². The topological polar surface area (TPSA) is 39.5 Å². The van der Waals surface area contributed by atoms with Gasteiger partial charge in [-0.25, -0.2) is 4.98 Å². The van der Waals surface area contributed by atoms with Gasteiger partial charge in [-0.05, 0) is 62.5 Å². The van der Waals surface area contributed by atoms with Crippen LogP contribution in [0.3, 0.4) is 0 Å². The molecule has 1 saturated heterocycles. The molecule has 0 radical (unpaired) electrons. The number of fused-ring (bicyclic) bond motifs is 1. The van der Waals surface area contributed by atoms with Gasteiger partial charge in [0.05, 0.1) is 24.2 Å². The average Bonchev–Trinajstić information content (AvgIpc) is 3.08. The summed E-state index contributed by atoms with van der Waals surface area (Å²) in [6, 6.07) is 16.9. The maximum absolute atomic E-state index is 6.01. The molecule has 1 fully saturated rings. The summed E-state index contributed by atoms with van der Waals surface area (Å²) in [5, 5.41) is 0. The van der Waals surface area contributed by atoms with Gasteiger partial charge in [-0.1, -0.05) is 30.3 Å². The monoisotopic (exact) mass is 393 g/mol. The van der Waals surface area contributed by atoms with Crippen molar-refractivity contribution >= 4 is 11.0 Å². The fourth-order valence-corrected chi connectivity index (χ4v) is 4.24. The zero-order valence-electron chi connectivity index (χ0n) is 17.5. The van der Waals surface area contributed by atoms with E-state index in [0.29, 0.717) is 19.1 Å². The number of piperidine rings is 1. The van der Waals surface area contributed by atoms with Gasteiger partial charge in [0.1, 0.15) is 18.2 Å². The van der Waals surface area contributed by atoms with E-state index in [0.717, 1.165) is 56.2 Å². The lowest BCUT2D eigenvalue weighted by atomic mass is 9.89. The highest BCUT2D eigenvalue weighted by Gasteiger charge is 2.24. The van der Waals surface area contributed by atoms with Gasteiger partial charge in [-0.2, -0.15) is 0 Å². The van der Waals surface area contributed by atoms with Crippen molar-refractivity contribution in [3.05, 3.63) is 59.9 Å². The molecule has 0 amide bonds. The maximum atomic E-state index is 6.01. The van der Waals surface area contributed by atoms with E-state index in [9.17, 15) is 0 Å². The second kappa shape index (κ2) is 9.42. The first-order valence-corrected chi connectivity index (χ1v) is 10.7. The molecule has 154 valence electrons. The number of likely N-dealkylation sites (tertiary alicyclic amines) is 1. The third-order valence-corrected chi connectivity index (χ3v) is 5.88. The van der Waals surface area contributed by atoms with Gasteiger partial charge in [-0.15, -0.1) is 0 Å². The van der Waals surface area contributed by atoms with E-state index in [-0.39, 0.29) is 0 Å². The summed E-state index contributed by atoms with van der Waals surface area (Å²) in [4.78, 5) is 7.36. The van der Waals surface area contributed by atoms with Crippen molar-refractivity contribution in [2.24, 2.45) is 7.05 Å². The molecular formula is C24H31N3O2. The smallest absolute Gasteiger partial charge is 0.123 e. The van der Waals surface area contributed by atoms with Gasteiger partial charge in [-0.3, -0.25) is 4.90 Å². The van der Waals surface area contributed by atoms with Gasteiger partial charge in [0.25, 0.3) is 0 Å². The molecule has 2 aromatic carbocycles. The third-order valence-electron chi connectivity index (χ3n) is 5.88. The van der Waals surface area contributed by atoms with Crippen LogP contribution in [0.25, 0.3) is 11.0 Å². The summed E-state index contributed by atoms with van der Waals surface area (Å²) in [6.45, 7) is 7.06. The number of aromatic nitrogens is 2. The predicted octanol–water partition coefficient (Wildman–Crippen LogP) is 4.37. The lowest BCUT2D eigenvalue weighted by molar-refractivity contribution is 0.109. The number of hydrogen-bond acceptors (Lipinski definition) is 4. The second-order valence-corrected chi connectivity index (χ2v) is 7.71. The highest BCUT2D eigenvalue weighted by molar-refractivity contribution is 5.75. The van der Waals surface area contributed by atoms with Crippen LogP contribution in [-0.4, -0.2) is 47.4 Å². The fraction of sp³-hybridized carbons (Fsp3) is 0.458. The Morgan fingerprint density at radius 1 is 1.00 bits per heavy atom. The van der Waals surface area contributed by atoms with Crippen molar-refractivity contribution < 1.29 is 9.47 Å². The van der Waals surface area contributed by atoms with Crippen molar-refractivity contribution in [3.8, 4) is 5.75 Å². The Balaban J connectivity index is 1.36. The van der Waals surface area contributed by atoms with E-state index >= 15 is 0 Å². The highest BCUT2D eigenvalue weighted by atomic mass is 16.5. The van der Waals surface area contributed by atoms with Gasteiger partial charge in [0.2, 0.25) is 0 Å². The number of nitrogens with zero attached hydrogens (tertiary/aromatic N) is 3. The van der Waals surface area contributed by atoms with Crippen LogP contribution in [0.2, 0.25) is 0 Å². The van der Waals surface area contributed by atoms with E-state index in [4.69, 9.17) is 14.5 Å². The summed E-state index contributed by atoms with van der Waals surface area (Å²) in [5.74, 6) is 2.71. The molecule has 2 heterocycles. The molecule has 4 rings (SSSR count). The molecule has 5 heteroatoms. The zero-order chi connectivity index (χ0) is 20.1. The normalized spacial score (nSPS) is 15.8. The molecule has 0 aliphatic carbocycles. The van der Waals surface area contributed by atoms with Crippen LogP contribution in [0.5, 0.6) is 5.75 Å². The number of para-hydroxylation sites is 3. The fourth-order valence-electron chi connectivity index (χ4n) is 4.24. The average molecular weight is 394 g/mol. The molecule has 0 atom stereocenters. The number of rotatable bonds is 8. The summed E-state index contributed by atoms with van der Waals surface area (Å²) in [7, 11) is 2.12. The number of imidazole rings is 1. The van der Waals surface area contributed by atoms with Crippen LogP contribution in [0, 0.1) is 0 Å². The quantitative estimate of drug-likeness (QED) is 0.533. The van der Waals surface area contributed by atoms with Gasteiger partial charge in [0.15, 0.2) is 0 Å². The standard InChI is InChI=1S/C24H31N3O2/c1-3-28-16-17-29-23-11-7-4-8-20(23)19-12-14-27(15-13-19)18-24-25-21-9-5-6-10-22(21)26(24)2/h4-11,19H,3,12-18H2,1-2H3. The molecular weight excluding hydrogens is 362 g/mol. The summed E-state index contributed by atoms with van der Waals surface area (Å²) >= 11 is 0. The highest BCUT2D eigenvalue weighted by Crippen LogP contribution is 2.34. The van der Waals surface area contributed by atoms with Crippen molar-refractivity contribution in [2.75, 3.05) is 32.9 Å². The minimum atomic E-state index is 0.551. The molecule has 0 saturated carbocycles. The third kappa shape index (κ3) is 4.62. The molecule has 0 bridgehead atoms. The minimum absolute atomic E-state index is 0.551. The van der Waals surface area contributed by atoms with Crippen molar-refractivity contribution in [1.82, 2.24) is 14.5 Å². The van der Waals surface area contributed by atoms with Crippen LogP contribution in [0.1, 0.15) is 37.1 Å². The molecule has 1 aliphatic heterocycles. The second-order valence-electron chi connectivity index (χ2n) is 7.71. The maximum Gasteiger partial charge on any atom is 0.123 e. The molecule has 5 nitrogen and oxygen atoms in total. The van der Waals surface area contributed by atoms with Gasteiger partial charge < -0.3 is 14.0 Å². The Morgan fingerprint density at radius 3 is 2.55 bits per heavy atom. The first kappa shape index (κ1) is 19.9. The predicted molar refractivity (Wildman–Crippen MR) is 116 cm³/mol. The molecule has 29 heavy (non-hydrogen) atoms. The molecule has 3 aromatic rings. The Morgan fingerprint density at radius 2 is 1.76 bits per heavy atom. The van der Waals surface area contributed by atoms with E-state index in [1.54, 1.807) is 0 Å². The first-order chi connectivity index (χ1) is 14.3. The van der Waals surface area contributed by atoms with E-state index in [1.165, 1.54) is 11.1 Å². The van der Waals surface area contributed by atoms with E-state index in [1.807, 2.05) is 6.92 Å². The van der Waals surface area contributed by atoms with Gasteiger partial charge >= 0.3 is 0 Å². The van der Waals surface area contributed by atoms with Crippen molar-refractivity contribution in [1.29, 1.82) is 0 Å². The Labute approximate surface area is 173 Å². The largest absolute Gasteiger partial charge is 0.491 e. The van der Waals surface area contributed by atoms with Crippen LogP contribution >= 0.6 is 0 Å². The Kier molecular flexibility index (Phi) is 6.47. The number of ether oxygens (including phenoxy) is 2. The number of benzene rings is 2. The molecule has 0 N–H and O–H groups in total. The molecule has 1 aromatic heterocycles. The SMILES string of the molecule is CCOCCOc1ccccc1C1CCN(Cc2nc3ccccc3n2C)CC1. The summed E-state index contributed by atoms with van der Waals surface area (Å²) in [5.41, 5.74) is 3.62. The van der Waals surface area contributed by atoms with E-state index < -0.39 is 0 Å². The van der Waals surface area contributed by atoms with Crippen LogP contribution < -0.4 is 4.74 Å². The molecule has 0 unspecified atom stereocenters.